The zero-order chi connectivity index (χ0) is 22.8. The predicted molar refractivity (Wildman–Crippen MR) is 115 cm³/mol. The maximum atomic E-state index is 11.9. The molecule has 4 amide bonds. The van der Waals surface area contributed by atoms with E-state index in [-0.39, 0.29) is 36.3 Å². The summed E-state index contributed by atoms with van der Waals surface area (Å²) in [6, 6.07) is 0.388. The molecule has 174 valence electrons. The van der Waals surface area contributed by atoms with Crippen molar-refractivity contribution in [3.8, 4) is 0 Å². The minimum Gasteiger partial charge on any atom is -0.356 e. The van der Waals surface area contributed by atoms with Crippen LogP contribution in [-0.2, 0) is 19.2 Å². The van der Waals surface area contributed by atoms with Gasteiger partial charge in [0.2, 0.25) is 5.91 Å². The van der Waals surface area contributed by atoms with Crippen LogP contribution in [0.3, 0.4) is 0 Å². The highest BCUT2D eigenvalue weighted by Crippen LogP contribution is 2.21. The van der Waals surface area contributed by atoms with Gasteiger partial charge in [0.15, 0.2) is 0 Å². The van der Waals surface area contributed by atoms with Gasteiger partial charge in [0, 0.05) is 38.9 Å². The molecule has 2 heterocycles. The van der Waals surface area contributed by atoms with E-state index < -0.39 is 5.97 Å². The first-order chi connectivity index (χ1) is 14.8. The molecule has 0 aliphatic carbocycles. The molecule has 0 bridgehead atoms. The molecule has 9 heteroatoms. The number of hydrogen-bond donors (Lipinski definition) is 2. The lowest BCUT2D eigenvalue weighted by atomic mass is 10.0. The Labute approximate surface area is 184 Å². The second-order valence-electron chi connectivity index (χ2n) is 8.39. The number of hydrogen-bond acceptors (Lipinski definition) is 5. The fourth-order valence-electron chi connectivity index (χ4n) is 3.92. The number of unbranched alkanes of at least 4 members (excludes halogenated alkanes) is 4. The number of amides is 4. The summed E-state index contributed by atoms with van der Waals surface area (Å²) in [7, 11) is 1.82. The molecule has 2 saturated heterocycles. The minimum absolute atomic E-state index is 0.0126. The normalized spacial score (nSPS) is 20.9. The summed E-state index contributed by atoms with van der Waals surface area (Å²) < 4.78 is 0. The first-order valence-corrected chi connectivity index (χ1v) is 11.3. The molecule has 0 aromatic carbocycles. The summed E-state index contributed by atoms with van der Waals surface area (Å²) in [6.45, 7) is 6.32. The third-order valence-corrected chi connectivity index (χ3v) is 5.86. The first kappa shape index (κ1) is 24.7. The van der Waals surface area contributed by atoms with E-state index in [0.717, 1.165) is 43.6 Å². The second-order valence-corrected chi connectivity index (χ2v) is 8.39. The van der Waals surface area contributed by atoms with Crippen LogP contribution in [0.1, 0.15) is 77.6 Å². The van der Waals surface area contributed by atoms with Gasteiger partial charge in [0.05, 0.1) is 11.7 Å². The minimum atomic E-state index is -0.432. The molecule has 2 fully saturated rings. The Morgan fingerprint density at radius 3 is 2.45 bits per heavy atom. The van der Waals surface area contributed by atoms with E-state index in [1.807, 2.05) is 14.0 Å². The Kier molecular flexibility index (Phi) is 9.81. The quantitative estimate of drug-likeness (QED) is 0.432. The van der Waals surface area contributed by atoms with Crippen LogP contribution >= 0.6 is 0 Å². The van der Waals surface area contributed by atoms with Gasteiger partial charge < -0.3 is 20.4 Å². The fraction of sp³-hybridized carbons (Fsp3) is 0.727. The Hall–Kier alpha value is -2.58. The van der Waals surface area contributed by atoms with Crippen molar-refractivity contribution in [3.63, 3.8) is 0 Å². The highest BCUT2D eigenvalue weighted by molar-refractivity contribution is 5.82. The predicted octanol–water partition coefficient (Wildman–Crippen LogP) is 2.62. The van der Waals surface area contributed by atoms with Crippen molar-refractivity contribution in [1.82, 2.24) is 20.6 Å². The summed E-state index contributed by atoms with van der Waals surface area (Å²) in [5, 5.41) is 6.83. The van der Waals surface area contributed by atoms with Crippen molar-refractivity contribution in [1.29, 1.82) is 0 Å². The molecule has 0 spiro atoms. The molecule has 0 saturated carbocycles. The van der Waals surface area contributed by atoms with Crippen LogP contribution in [0.5, 0.6) is 0 Å². The van der Waals surface area contributed by atoms with Gasteiger partial charge >= 0.3 is 12.0 Å². The molecule has 2 aliphatic heterocycles. The van der Waals surface area contributed by atoms with E-state index in [1.165, 1.54) is 0 Å². The van der Waals surface area contributed by atoms with Crippen molar-refractivity contribution in [2.45, 2.75) is 89.6 Å². The Balaban J connectivity index is 1.42. The average molecular weight is 437 g/mol. The zero-order valence-corrected chi connectivity index (χ0v) is 18.8. The van der Waals surface area contributed by atoms with Crippen molar-refractivity contribution in [2.75, 3.05) is 13.6 Å². The van der Waals surface area contributed by atoms with Crippen molar-refractivity contribution >= 4 is 23.8 Å². The Morgan fingerprint density at radius 1 is 1.10 bits per heavy atom. The van der Waals surface area contributed by atoms with Crippen LogP contribution in [0.4, 0.5) is 4.79 Å². The van der Waals surface area contributed by atoms with E-state index in [4.69, 9.17) is 4.84 Å². The third kappa shape index (κ3) is 7.88. The molecule has 9 nitrogen and oxygen atoms in total. The molecule has 2 aliphatic rings. The third-order valence-electron chi connectivity index (χ3n) is 5.86. The van der Waals surface area contributed by atoms with E-state index in [1.54, 1.807) is 4.90 Å². The summed E-state index contributed by atoms with van der Waals surface area (Å²) in [5.41, 5.74) is 0.522. The summed E-state index contributed by atoms with van der Waals surface area (Å²) in [6.07, 6.45) is 7.59. The topological polar surface area (TPSA) is 108 Å². The van der Waals surface area contributed by atoms with Gasteiger partial charge in [0.25, 0.3) is 5.91 Å². The standard InChI is InChI=1S/C22H36N4O5/c1-16-13-14-20(28)26(16)31-21(29)12-8-5-9-15-23-19(27)11-7-4-6-10-18-17(2)24-22(30)25(18)3/h17-18H,1,4-15H2,2-3H3,(H,23,27)(H,24,30)/t17-,18+/m0/s1. The second kappa shape index (κ2) is 12.3. The average Bonchev–Trinajstić information content (AvgIpc) is 3.16. The highest BCUT2D eigenvalue weighted by atomic mass is 16.7. The molecule has 2 N–H and O–H groups in total. The molecule has 0 unspecified atom stereocenters. The van der Waals surface area contributed by atoms with Gasteiger partial charge in [-0.25, -0.2) is 9.59 Å². The smallest absolute Gasteiger partial charge is 0.333 e. The van der Waals surface area contributed by atoms with E-state index in [0.29, 0.717) is 37.9 Å². The van der Waals surface area contributed by atoms with Crippen LogP contribution in [0.25, 0.3) is 0 Å². The lowest BCUT2D eigenvalue weighted by Gasteiger charge is -2.20. The van der Waals surface area contributed by atoms with Crippen molar-refractivity contribution in [2.24, 2.45) is 0 Å². The van der Waals surface area contributed by atoms with E-state index >= 15 is 0 Å². The number of carbonyl (C=O) groups excluding carboxylic acids is 4. The van der Waals surface area contributed by atoms with E-state index in [9.17, 15) is 19.2 Å². The van der Waals surface area contributed by atoms with Crippen LogP contribution in [0, 0.1) is 0 Å². The number of allylic oxidation sites excluding steroid dienone is 1. The number of carbonyl (C=O) groups is 4. The summed E-state index contributed by atoms with van der Waals surface area (Å²) in [5.74, 6) is -0.610. The number of nitrogens with one attached hydrogen (secondary N) is 2. The van der Waals surface area contributed by atoms with Crippen LogP contribution in [-0.4, -0.2) is 59.5 Å². The molecule has 31 heavy (non-hydrogen) atoms. The van der Waals surface area contributed by atoms with Crippen LogP contribution in [0.15, 0.2) is 12.3 Å². The maximum Gasteiger partial charge on any atom is 0.333 e. The molecule has 0 aromatic rings. The van der Waals surface area contributed by atoms with Crippen molar-refractivity contribution in [3.05, 3.63) is 12.3 Å². The van der Waals surface area contributed by atoms with Crippen LogP contribution < -0.4 is 10.6 Å². The molecule has 0 aromatic heterocycles. The Bertz CT molecular complexity index is 665. The maximum absolute atomic E-state index is 11.9. The number of urea groups is 1. The number of likely N-dealkylation sites (N-methyl/N-ethyl adjacent to an activating group) is 1. The van der Waals surface area contributed by atoms with Gasteiger partial charge in [-0.1, -0.05) is 25.8 Å². The molecular formula is C22H36N4O5. The molecule has 2 atom stereocenters. The lowest BCUT2D eigenvalue weighted by molar-refractivity contribution is -0.186. The number of rotatable bonds is 13. The highest BCUT2D eigenvalue weighted by Gasteiger charge is 2.33. The number of hydroxylamine groups is 2. The van der Waals surface area contributed by atoms with Gasteiger partial charge in [-0.3, -0.25) is 9.59 Å². The molecule has 0 radical (unpaired) electrons. The number of nitrogens with zero attached hydrogens (tertiary/aromatic N) is 2. The zero-order valence-electron chi connectivity index (χ0n) is 18.8. The van der Waals surface area contributed by atoms with Gasteiger partial charge in [-0.05, 0) is 39.0 Å². The SMILES string of the molecule is C=C1CCC(=O)N1OC(=O)CCCCCNC(=O)CCCCC[C@@H]1[C@H](C)NC(=O)N1C. The van der Waals surface area contributed by atoms with Crippen molar-refractivity contribution < 1.29 is 24.0 Å². The molecule has 2 rings (SSSR count). The van der Waals surface area contributed by atoms with Gasteiger partial charge in [-0.15, -0.1) is 5.06 Å². The fourth-order valence-corrected chi connectivity index (χ4v) is 3.92. The first-order valence-electron chi connectivity index (χ1n) is 11.3. The summed E-state index contributed by atoms with van der Waals surface area (Å²) >= 11 is 0. The van der Waals surface area contributed by atoms with Gasteiger partial charge in [0.1, 0.15) is 0 Å². The molecular weight excluding hydrogens is 400 g/mol. The summed E-state index contributed by atoms with van der Waals surface area (Å²) in [4.78, 5) is 53.6. The largest absolute Gasteiger partial charge is 0.356 e. The van der Waals surface area contributed by atoms with Gasteiger partial charge in [-0.2, -0.15) is 0 Å². The monoisotopic (exact) mass is 436 g/mol. The Morgan fingerprint density at radius 2 is 1.81 bits per heavy atom. The van der Waals surface area contributed by atoms with Crippen LogP contribution in [0.2, 0.25) is 0 Å². The lowest BCUT2D eigenvalue weighted by Crippen LogP contribution is -2.32. The van der Waals surface area contributed by atoms with E-state index in [2.05, 4.69) is 17.2 Å².